The third kappa shape index (κ3) is 8.71. The molecule has 2 heteroatoms. The van der Waals surface area contributed by atoms with Crippen molar-refractivity contribution in [1.29, 1.82) is 0 Å². The van der Waals surface area contributed by atoms with E-state index in [-0.39, 0.29) is 5.60 Å². The number of ether oxygens (including phenoxy) is 1. The van der Waals surface area contributed by atoms with Gasteiger partial charge in [-0.2, -0.15) is 0 Å². The predicted octanol–water partition coefficient (Wildman–Crippen LogP) is 11.3. The van der Waals surface area contributed by atoms with Crippen LogP contribution in [-0.2, 0) is 4.74 Å². The molecule has 5 rings (SSSR count). The maximum absolute atomic E-state index is 7.01. The second-order valence-corrected chi connectivity index (χ2v) is 11.6. The molecule has 5 aliphatic rings. The quantitative estimate of drug-likeness (QED) is 0.378. The van der Waals surface area contributed by atoms with Crippen LogP contribution in [0.3, 0.4) is 0 Å². The molecule has 0 aromatic carbocycles. The zero-order valence-corrected chi connectivity index (χ0v) is 28.8. The highest BCUT2D eigenvalue weighted by Crippen LogP contribution is 2.56. The van der Waals surface area contributed by atoms with Gasteiger partial charge in [-0.15, -0.1) is 0 Å². The summed E-state index contributed by atoms with van der Waals surface area (Å²) >= 11 is 0. The van der Waals surface area contributed by atoms with E-state index in [1.807, 2.05) is 69.2 Å². The molecule has 5 fully saturated rings. The molecule has 0 radical (unpaired) electrons. The van der Waals surface area contributed by atoms with Crippen molar-refractivity contribution in [3.05, 3.63) is 0 Å². The third-order valence-electron chi connectivity index (χ3n) is 10.6. The first-order chi connectivity index (χ1) is 18.6. The summed E-state index contributed by atoms with van der Waals surface area (Å²) in [6.45, 7) is 28.9. The van der Waals surface area contributed by atoms with Crippen LogP contribution in [-0.4, -0.2) is 24.3 Å². The largest absolute Gasteiger partial charge is 0.370 e. The Morgan fingerprint density at radius 3 is 1.92 bits per heavy atom. The number of nitrogens with one attached hydrogen (secondary N) is 1. The van der Waals surface area contributed by atoms with E-state index in [0.29, 0.717) is 18.1 Å². The molecule has 2 saturated heterocycles. The maximum atomic E-state index is 7.01. The summed E-state index contributed by atoms with van der Waals surface area (Å²) in [5.41, 5.74) is 0.166. The van der Waals surface area contributed by atoms with E-state index in [1.165, 1.54) is 83.6 Å². The second kappa shape index (κ2) is 20.7. The lowest BCUT2D eigenvalue weighted by molar-refractivity contribution is -0.135. The smallest absolute Gasteiger partial charge is 0.0756 e. The van der Waals surface area contributed by atoms with Gasteiger partial charge in [0.15, 0.2) is 0 Å². The van der Waals surface area contributed by atoms with Gasteiger partial charge in [0, 0.05) is 12.0 Å². The zero-order valence-electron chi connectivity index (χ0n) is 28.8. The van der Waals surface area contributed by atoms with Gasteiger partial charge in [-0.1, -0.05) is 122 Å². The van der Waals surface area contributed by atoms with Gasteiger partial charge in [-0.25, -0.2) is 0 Å². The van der Waals surface area contributed by atoms with Crippen molar-refractivity contribution in [3.8, 4) is 0 Å². The fourth-order valence-electron chi connectivity index (χ4n) is 8.88. The molecule has 10 unspecified atom stereocenters. The van der Waals surface area contributed by atoms with E-state index in [0.717, 1.165) is 35.5 Å². The molecule has 1 spiro atoms. The average molecular weight is 538 g/mol. The fraction of sp³-hybridized carbons (Fsp3) is 1.00. The summed E-state index contributed by atoms with van der Waals surface area (Å²) in [6, 6.07) is 0.617. The van der Waals surface area contributed by atoms with E-state index in [2.05, 4.69) is 26.1 Å². The number of hydrogen-bond acceptors (Lipinski definition) is 2. The van der Waals surface area contributed by atoms with Crippen molar-refractivity contribution in [3.63, 3.8) is 0 Å². The van der Waals surface area contributed by atoms with Crippen molar-refractivity contribution in [2.24, 2.45) is 41.4 Å². The molecule has 2 heterocycles. The Labute approximate surface area is 242 Å². The lowest BCUT2D eigenvalue weighted by Crippen LogP contribution is -2.51. The molecule has 230 valence electrons. The topological polar surface area (TPSA) is 21.3 Å². The molecule has 2 aliphatic heterocycles. The minimum absolute atomic E-state index is 0.166. The summed E-state index contributed by atoms with van der Waals surface area (Å²) < 4.78 is 7.01. The average Bonchev–Trinajstić information content (AvgIpc) is 3.29. The number of rotatable bonds is 2. The molecule has 0 amide bonds. The molecular weight excluding hydrogens is 462 g/mol. The van der Waals surface area contributed by atoms with E-state index in [9.17, 15) is 0 Å². The Morgan fingerprint density at radius 2 is 1.29 bits per heavy atom. The predicted molar refractivity (Wildman–Crippen MR) is 173 cm³/mol. The number of piperidine rings is 1. The van der Waals surface area contributed by atoms with Crippen LogP contribution < -0.4 is 5.32 Å². The van der Waals surface area contributed by atoms with Crippen LogP contribution in [0.4, 0.5) is 0 Å². The van der Waals surface area contributed by atoms with Crippen molar-refractivity contribution in [2.45, 2.75) is 185 Å². The molecule has 2 nitrogen and oxygen atoms in total. The van der Waals surface area contributed by atoms with Crippen LogP contribution in [0.1, 0.15) is 167 Å². The Kier molecular flexibility index (Phi) is 20.7. The van der Waals surface area contributed by atoms with Crippen LogP contribution in [0, 0.1) is 41.4 Å². The number of hydrogen-bond donors (Lipinski definition) is 1. The summed E-state index contributed by atoms with van der Waals surface area (Å²) in [7, 11) is 0. The van der Waals surface area contributed by atoms with Crippen molar-refractivity contribution in [2.75, 3.05) is 6.54 Å². The minimum Gasteiger partial charge on any atom is -0.370 e. The van der Waals surface area contributed by atoms with E-state index < -0.39 is 0 Å². The first-order valence-electron chi connectivity index (χ1n) is 18.0. The molecule has 10 atom stereocenters. The van der Waals surface area contributed by atoms with Gasteiger partial charge >= 0.3 is 0 Å². The highest BCUT2D eigenvalue weighted by atomic mass is 16.5. The van der Waals surface area contributed by atoms with Crippen LogP contribution in [0.5, 0.6) is 0 Å². The van der Waals surface area contributed by atoms with Gasteiger partial charge in [0.1, 0.15) is 0 Å². The molecule has 3 saturated carbocycles. The van der Waals surface area contributed by atoms with Gasteiger partial charge in [0.25, 0.3) is 0 Å². The summed E-state index contributed by atoms with van der Waals surface area (Å²) in [5.74, 6) is 6.38. The Bertz CT molecular complexity index is 549. The van der Waals surface area contributed by atoms with Crippen LogP contribution in [0.2, 0.25) is 0 Å². The van der Waals surface area contributed by atoms with Crippen LogP contribution in [0.25, 0.3) is 0 Å². The van der Waals surface area contributed by atoms with Gasteiger partial charge in [-0.05, 0) is 87.0 Å². The van der Waals surface area contributed by atoms with Crippen LogP contribution >= 0.6 is 0 Å². The third-order valence-corrected chi connectivity index (χ3v) is 10.6. The second-order valence-electron chi connectivity index (χ2n) is 11.6. The lowest BCUT2D eigenvalue weighted by Gasteiger charge is -2.51. The highest BCUT2D eigenvalue weighted by molar-refractivity contribution is 5.09. The molecule has 38 heavy (non-hydrogen) atoms. The first kappa shape index (κ1) is 37.9. The zero-order chi connectivity index (χ0) is 29.3. The Hall–Kier alpha value is -0.0800. The van der Waals surface area contributed by atoms with E-state index in [4.69, 9.17) is 4.74 Å². The Morgan fingerprint density at radius 1 is 0.658 bits per heavy atom. The monoisotopic (exact) mass is 538 g/mol. The highest BCUT2D eigenvalue weighted by Gasteiger charge is 2.58. The standard InChI is InChI=1S/C26H45NO.5C2H6/c1-17-12-13-20-8-4-5-10-22(20)23(17)16-21-9-6-14-26(18(21)2)19(3)25-24(28-26)11-7-15-27-25;5*1-2/h17-25,27H,4-16H2,1-3H3;5*1-2H3. The van der Waals surface area contributed by atoms with Crippen molar-refractivity contribution >= 4 is 0 Å². The van der Waals surface area contributed by atoms with Gasteiger partial charge in [0.2, 0.25) is 0 Å². The molecule has 0 aromatic rings. The van der Waals surface area contributed by atoms with Gasteiger partial charge < -0.3 is 10.1 Å². The lowest BCUT2D eigenvalue weighted by atomic mass is 9.56. The van der Waals surface area contributed by atoms with Crippen molar-refractivity contribution in [1.82, 2.24) is 5.32 Å². The van der Waals surface area contributed by atoms with Crippen LogP contribution in [0.15, 0.2) is 0 Å². The minimum atomic E-state index is 0.166. The van der Waals surface area contributed by atoms with Crippen molar-refractivity contribution < 1.29 is 4.74 Å². The van der Waals surface area contributed by atoms with Gasteiger partial charge in [-0.3, -0.25) is 0 Å². The molecule has 1 N–H and O–H groups in total. The normalized spacial score (nSPS) is 40.8. The van der Waals surface area contributed by atoms with Gasteiger partial charge in [0.05, 0.1) is 11.7 Å². The maximum Gasteiger partial charge on any atom is 0.0756 e. The SMILES string of the molecule is CC.CC.CC.CC.CC.CC1CCC2CCCCC2C1CC1CCCC2(OC3CCCNC3C2C)C1C. The van der Waals surface area contributed by atoms with E-state index >= 15 is 0 Å². The van der Waals surface area contributed by atoms with E-state index in [1.54, 1.807) is 0 Å². The summed E-state index contributed by atoms with van der Waals surface area (Å²) in [5, 5.41) is 3.84. The summed E-state index contributed by atoms with van der Waals surface area (Å²) in [4.78, 5) is 0. The number of fused-ring (bicyclic) bond motifs is 2. The molecule has 0 bridgehead atoms. The fourth-order valence-corrected chi connectivity index (χ4v) is 8.88. The summed E-state index contributed by atoms with van der Waals surface area (Å²) in [6.07, 6.45) is 17.8. The Balaban J connectivity index is 0.00000124. The molecule has 3 aliphatic carbocycles. The first-order valence-corrected chi connectivity index (χ1v) is 18.0. The molecular formula is C36H75NO. The molecule has 0 aromatic heterocycles.